The predicted molar refractivity (Wildman–Crippen MR) is 97.7 cm³/mol. The lowest BCUT2D eigenvalue weighted by Crippen LogP contribution is -2.46. The second-order valence-electron chi connectivity index (χ2n) is 7.05. The summed E-state index contributed by atoms with van der Waals surface area (Å²) in [5, 5.41) is 5.25. The van der Waals surface area contributed by atoms with Crippen LogP contribution in [-0.2, 0) is 6.54 Å². The van der Waals surface area contributed by atoms with Gasteiger partial charge in [-0.1, -0.05) is 17.7 Å². The Balaban J connectivity index is 1.40. The van der Waals surface area contributed by atoms with Gasteiger partial charge in [-0.2, -0.15) is 5.10 Å². The number of rotatable bonds is 4. The van der Waals surface area contributed by atoms with Crippen LogP contribution in [0, 0.1) is 0 Å². The molecule has 1 aromatic heterocycles. The number of likely N-dealkylation sites (tertiary alicyclic amines) is 2. The molecule has 2 saturated heterocycles. The topological polar surface area (TPSA) is 24.3 Å². The molecule has 3 heterocycles. The van der Waals surface area contributed by atoms with E-state index in [1.54, 1.807) is 0 Å². The number of hydrogen-bond donors (Lipinski definition) is 0. The highest BCUT2D eigenvalue weighted by Gasteiger charge is 2.27. The second kappa shape index (κ2) is 7.26. The summed E-state index contributed by atoms with van der Waals surface area (Å²) < 4.78 is 1.92. The van der Waals surface area contributed by atoms with Crippen molar-refractivity contribution in [2.75, 3.05) is 26.2 Å². The summed E-state index contributed by atoms with van der Waals surface area (Å²) in [6.07, 6.45) is 9.54. The highest BCUT2D eigenvalue weighted by molar-refractivity contribution is 6.30. The lowest BCUT2D eigenvalue weighted by atomic mass is 10.0. The molecule has 0 spiro atoms. The molecule has 0 aliphatic carbocycles. The van der Waals surface area contributed by atoms with Gasteiger partial charge in [-0.05, 0) is 63.5 Å². The van der Waals surface area contributed by atoms with Crippen molar-refractivity contribution >= 4 is 11.6 Å². The van der Waals surface area contributed by atoms with Crippen molar-refractivity contribution in [2.45, 2.75) is 38.3 Å². The van der Waals surface area contributed by atoms with E-state index in [0.717, 1.165) is 23.3 Å². The zero-order valence-electron chi connectivity index (χ0n) is 14.1. The zero-order valence-corrected chi connectivity index (χ0v) is 14.8. The maximum atomic E-state index is 6.08. The molecule has 2 aliphatic rings. The maximum Gasteiger partial charge on any atom is 0.0660 e. The van der Waals surface area contributed by atoms with Gasteiger partial charge in [0.15, 0.2) is 0 Å². The first-order valence-electron chi connectivity index (χ1n) is 9.04. The van der Waals surface area contributed by atoms with E-state index in [2.05, 4.69) is 21.1 Å². The van der Waals surface area contributed by atoms with Crippen LogP contribution in [0.4, 0.5) is 0 Å². The molecule has 0 saturated carbocycles. The molecule has 1 aromatic carbocycles. The Hall–Kier alpha value is -1.36. The van der Waals surface area contributed by atoms with Crippen LogP contribution in [0.5, 0.6) is 0 Å². The lowest BCUT2D eigenvalue weighted by molar-refractivity contribution is 0.110. The van der Waals surface area contributed by atoms with Gasteiger partial charge in [-0.3, -0.25) is 9.80 Å². The second-order valence-corrected chi connectivity index (χ2v) is 7.48. The summed E-state index contributed by atoms with van der Waals surface area (Å²) in [6.45, 7) is 5.98. The van der Waals surface area contributed by atoms with Crippen LogP contribution in [0.1, 0.15) is 31.2 Å². The first-order chi connectivity index (χ1) is 11.8. The van der Waals surface area contributed by atoms with Crippen molar-refractivity contribution in [3.05, 3.63) is 47.2 Å². The van der Waals surface area contributed by atoms with E-state index in [0.29, 0.717) is 0 Å². The quantitative estimate of drug-likeness (QED) is 0.847. The van der Waals surface area contributed by atoms with Crippen molar-refractivity contribution in [3.63, 3.8) is 0 Å². The fraction of sp³-hybridized carbons (Fsp3) is 0.526. The molecule has 4 nitrogen and oxygen atoms in total. The van der Waals surface area contributed by atoms with E-state index < -0.39 is 0 Å². The highest BCUT2D eigenvalue weighted by Crippen LogP contribution is 2.22. The smallest absolute Gasteiger partial charge is 0.0660 e. The van der Waals surface area contributed by atoms with Crippen LogP contribution < -0.4 is 0 Å². The van der Waals surface area contributed by atoms with E-state index in [1.165, 1.54) is 57.4 Å². The van der Waals surface area contributed by atoms with Gasteiger partial charge in [0.05, 0.1) is 11.9 Å². The van der Waals surface area contributed by atoms with Gasteiger partial charge >= 0.3 is 0 Å². The molecule has 0 N–H and O–H groups in total. The van der Waals surface area contributed by atoms with Crippen molar-refractivity contribution in [2.24, 2.45) is 0 Å². The highest BCUT2D eigenvalue weighted by atomic mass is 35.5. The summed E-state index contributed by atoms with van der Waals surface area (Å²) in [7, 11) is 0. The Morgan fingerprint density at radius 3 is 2.83 bits per heavy atom. The molecular formula is C19H25ClN4. The van der Waals surface area contributed by atoms with Gasteiger partial charge in [0.1, 0.15) is 0 Å². The van der Waals surface area contributed by atoms with Crippen LogP contribution in [-0.4, -0.2) is 51.8 Å². The molecule has 2 fully saturated rings. The molecule has 1 unspecified atom stereocenters. The van der Waals surface area contributed by atoms with Crippen LogP contribution in [0.2, 0.25) is 5.02 Å². The van der Waals surface area contributed by atoms with E-state index in [9.17, 15) is 0 Å². The summed E-state index contributed by atoms with van der Waals surface area (Å²) in [5.74, 6) is 0. The first kappa shape index (κ1) is 16.1. The van der Waals surface area contributed by atoms with E-state index in [-0.39, 0.29) is 0 Å². The summed E-state index contributed by atoms with van der Waals surface area (Å²) >= 11 is 6.08. The third kappa shape index (κ3) is 3.66. The van der Waals surface area contributed by atoms with Gasteiger partial charge in [0.2, 0.25) is 0 Å². The molecule has 24 heavy (non-hydrogen) atoms. The molecule has 0 bridgehead atoms. The standard InChI is InChI=1S/C19H25ClN4/c20-17-5-3-6-18(11-17)24-14-16(12-21-24)13-22-8-4-7-19(15-22)23-9-1-2-10-23/h3,5-6,11-12,14,19H,1-2,4,7-10,13,15H2. The Kier molecular flexibility index (Phi) is 4.88. The van der Waals surface area contributed by atoms with Crippen LogP contribution in [0.3, 0.4) is 0 Å². The third-order valence-corrected chi connectivity index (χ3v) is 5.49. The molecule has 5 heteroatoms. The largest absolute Gasteiger partial charge is 0.299 e. The molecular weight excluding hydrogens is 320 g/mol. The Labute approximate surface area is 149 Å². The van der Waals surface area contributed by atoms with Crippen molar-refractivity contribution in [1.82, 2.24) is 19.6 Å². The molecule has 2 aliphatic heterocycles. The van der Waals surface area contributed by atoms with Crippen molar-refractivity contribution in [3.8, 4) is 5.69 Å². The molecule has 2 aromatic rings. The summed E-state index contributed by atoms with van der Waals surface area (Å²) in [4.78, 5) is 5.29. The van der Waals surface area contributed by atoms with Gasteiger partial charge in [-0.15, -0.1) is 0 Å². The average Bonchev–Trinajstić information content (AvgIpc) is 3.27. The Morgan fingerprint density at radius 2 is 2.00 bits per heavy atom. The summed E-state index contributed by atoms with van der Waals surface area (Å²) in [5.41, 5.74) is 2.29. The zero-order chi connectivity index (χ0) is 16.4. The molecule has 4 rings (SSSR count). The monoisotopic (exact) mass is 344 g/mol. The predicted octanol–water partition coefficient (Wildman–Crippen LogP) is 3.59. The number of hydrogen-bond acceptors (Lipinski definition) is 3. The number of benzene rings is 1. The fourth-order valence-electron chi connectivity index (χ4n) is 4.04. The molecule has 128 valence electrons. The van der Waals surface area contributed by atoms with E-state index in [4.69, 9.17) is 11.6 Å². The fourth-order valence-corrected chi connectivity index (χ4v) is 4.22. The number of halogens is 1. The Morgan fingerprint density at radius 1 is 1.12 bits per heavy atom. The van der Waals surface area contributed by atoms with E-state index in [1.807, 2.05) is 35.1 Å². The first-order valence-corrected chi connectivity index (χ1v) is 9.42. The maximum absolute atomic E-state index is 6.08. The van der Waals surface area contributed by atoms with Crippen LogP contribution >= 0.6 is 11.6 Å². The normalized spacial score (nSPS) is 23.0. The number of nitrogens with zero attached hydrogens (tertiary/aromatic N) is 4. The minimum atomic E-state index is 0.744. The minimum absolute atomic E-state index is 0.744. The Bertz CT molecular complexity index is 678. The van der Waals surface area contributed by atoms with Crippen molar-refractivity contribution in [1.29, 1.82) is 0 Å². The lowest BCUT2D eigenvalue weighted by Gasteiger charge is -2.37. The van der Waals surface area contributed by atoms with E-state index >= 15 is 0 Å². The van der Waals surface area contributed by atoms with Crippen LogP contribution in [0.25, 0.3) is 5.69 Å². The summed E-state index contributed by atoms with van der Waals surface area (Å²) in [6, 6.07) is 8.59. The third-order valence-electron chi connectivity index (χ3n) is 5.25. The van der Waals surface area contributed by atoms with Gasteiger partial charge in [0, 0.05) is 35.9 Å². The SMILES string of the molecule is Clc1cccc(-n2cc(CN3CCCC(N4CCCC4)C3)cn2)c1. The van der Waals surface area contributed by atoms with Gasteiger partial charge < -0.3 is 0 Å². The average molecular weight is 345 g/mol. The number of aromatic nitrogens is 2. The van der Waals surface area contributed by atoms with Crippen LogP contribution in [0.15, 0.2) is 36.7 Å². The van der Waals surface area contributed by atoms with Gasteiger partial charge in [-0.25, -0.2) is 4.68 Å². The number of piperidine rings is 1. The molecule has 0 amide bonds. The van der Waals surface area contributed by atoms with Crippen molar-refractivity contribution < 1.29 is 0 Å². The molecule has 0 radical (unpaired) electrons. The molecule has 1 atom stereocenters. The van der Waals surface area contributed by atoms with Gasteiger partial charge in [0.25, 0.3) is 0 Å². The minimum Gasteiger partial charge on any atom is -0.299 e.